The fourth-order valence-electron chi connectivity index (χ4n) is 1.81. The standard InChI is InChI=1S/C14H23NO/c1-10(2)11(3)13(15)9-12-7-5-6-8-14(12)16-4/h5-8,10-11,13H,9,15H2,1-4H3. The third-order valence-corrected chi connectivity index (χ3v) is 3.38. The molecule has 0 heterocycles. The highest BCUT2D eigenvalue weighted by Crippen LogP contribution is 2.22. The van der Waals surface area contributed by atoms with Gasteiger partial charge in [0.2, 0.25) is 0 Å². The first kappa shape index (κ1) is 13.0. The first-order chi connectivity index (χ1) is 7.56. The highest BCUT2D eigenvalue weighted by atomic mass is 16.5. The van der Waals surface area contributed by atoms with Crippen LogP contribution in [0.4, 0.5) is 0 Å². The molecule has 1 aromatic carbocycles. The summed E-state index contributed by atoms with van der Waals surface area (Å²) in [6, 6.07) is 8.29. The van der Waals surface area contributed by atoms with Crippen LogP contribution in [0.25, 0.3) is 0 Å². The van der Waals surface area contributed by atoms with E-state index in [1.54, 1.807) is 7.11 Å². The zero-order chi connectivity index (χ0) is 12.1. The molecule has 0 aromatic heterocycles. The second-order valence-corrected chi connectivity index (χ2v) is 4.78. The SMILES string of the molecule is COc1ccccc1CC(N)C(C)C(C)C. The van der Waals surface area contributed by atoms with E-state index in [0.29, 0.717) is 11.8 Å². The molecule has 2 unspecified atom stereocenters. The van der Waals surface area contributed by atoms with Gasteiger partial charge in [0, 0.05) is 6.04 Å². The summed E-state index contributed by atoms with van der Waals surface area (Å²) in [7, 11) is 1.70. The van der Waals surface area contributed by atoms with E-state index in [1.807, 2.05) is 18.2 Å². The lowest BCUT2D eigenvalue weighted by Gasteiger charge is -2.24. The Kier molecular flexibility index (Phi) is 4.81. The van der Waals surface area contributed by atoms with Gasteiger partial charge >= 0.3 is 0 Å². The van der Waals surface area contributed by atoms with Gasteiger partial charge in [-0.15, -0.1) is 0 Å². The van der Waals surface area contributed by atoms with Gasteiger partial charge in [0.15, 0.2) is 0 Å². The maximum absolute atomic E-state index is 6.22. The number of ether oxygens (including phenoxy) is 1. The molecule has 16 heavy (non-hydrogen) atoms. The molecule has 2 atom stereocenters. The maximum atomic E-state index is 6.22. The number of hydrogen-bond donors (Lipinski definition) is 1. The van der Waals surface area contributed by atoms with Crippen LogP contribution in [0.2, 0.25) is 0 Å². The Morgan fingerprint density at radius 3 is 2.38 bits per heavy atom. The molecule has 2 N–H and O–H groups in total. The van der Waals surface area contributed by atoms with Crippen LogP contribution in [-0.4, -0.2) is 13.2 Å². The number of hydrogen-bond acceptors (Lipinski definition) is 2. The molecule has 1 aromatic rings. The van der Waals surface area contributed by atoms with Crippen molar-refractivity contribution in [3.63, 3.8) is 0 Å². The van der Waals surface area contributed by atoms with Crippen molar-refractivity contribution in [3.8, 4) is 5.75 Å². The number of rotatable bonds is 5. The average molecular weight is 221 g/mol. The van der Waals surface area contributed by atoms with Crippen molar-refractivity contribution in [2.24, 2.45) is 17.6 Å². The van der Waals surface area contributed by atoms with Crippen LogP contribution in [0.15, 0.2) is 24.3 Å². The third-order valence-electron chi connectivity index (χ3n) is 3.38. The highest BCUT2D eigenvalue weighted by Gasteiger charge is 2.17. The normalized spacial score (nSPS) is 14.9. The summed E-state index contributed by atoms with van der Waals surface area (Å²) < 4.78 is 5.33. The van der Waals surface area contributed by atoms with Gasteiger partial charge in [-0.3, -0.25) is 0 Å². The molecule has 0 saturated carbocycles. The molecule has 0 bridgehead atoms. The summed E-state index contributed by atoms with van der Waals surface area (Å²) in [5, 5.41) is 0. The van der Waals surface area contributed by atoms with E-state index in [-0.39, 0.29) is 6.04 Å². The summed E-state index contributed by atoms with van der Waals surface area (Å²) in [6.45, 7) is 6.64. The molecular weight excluding hydrogens is 198 g/mol. The summed E-state index contributed by atoms with van der Waals surface area (Å²) in [5.74, 6) is 2.07. The molecule has 0 aliphatic rings. The van der Waals surface area contributed by atoms with E-state index in [2.05, 4.69) is 26.8 Å². The Labute approximate surface area is 98.8 Å². The summed E-state index contributed by atoms with van der Waals surface area (Å²) in [5.41, 5.74) is 7.42. The quantitative estimate of drug-likeness (QED) is 0.829. The van der Waals surface area contributed by atoms with Crippen molar-refractivity contribution in [2.75, 3.05) is 7.11 Å². The van der Waals surface area contributed by atoms with Crippen molar-refractivity contribution >= 4 is 0 Å². The zero-order valence-corrected chi connectivity index (χ0v) is 10.7. The zero-order valence-electron chi connectivity index (χ0n) is 10.7. The molecule has 0 aliphatic carbocycles. The van der Waals surface area contributed by atoms with Crippen LogP contribution in [0, 0.1) is 11.8 Å². The Bertz CT molecular complexity index is 322. The summed E-state index contributed by atoms with van der Waals surface area (Å²) in [6.07, 6.45) is 0.878. The van der Waals surface area contributed by atoms with Gasteiger partial charge < -0.3 is 10.5 Å². The molecule has 0 spiro atoms. The second-order valence-electron chi connectivity index (χ2n) is 4.78. The number of benzene rings is 1. The lowest BCUT2D eigenvalue weighted by atomic mass is 9.87. The van der Waals surface area contributed by atoms with Gasteiger partial charge in [-0.1, -0.05) is 39.0 Å². The Balaban J connectivity index is 2.72. The molecule has 90 valence electrons. The van der Waals surface area contributed by atoms with E-state index in [1.165, 1.54) is 5.56 Å². The third kappa shape index (κ3) is 3.24. The lowest BCUT2D eigenvalue weighted by molar-refractivity contribution is 0.339. The van der Waals surface area contributed by atoms with Crippen LogP contribution < -0.4 is 10.5 Å². The van der Waals surface area contributed by atoms with E-state index in [0.717, 1.165) is 12.2 Å². The van der Waals surface area contributed by atoms with Crippen molar-refractivity contribution in [3.05, 3.63) is 29.8 Å². The monoisotopic (exact) mass is 221 g/mol. The van der Waals surface area contributed by atoms with Crippen molar-refractivity contribution in [2.45, 2.75) is 33.2 Å². The fraction of sp³-hybridized carbons (Fsp3) is 0.571. The molecule has 0 radical (unpaired) electrons. The van der Waals surface area contributed by atoms with E-state index in [9.17, 15) is 0 Å². The minimum absolute atomic E-state index is 0.191. The first-order valence-corrected chi connectivity index (χ1v) is 5.93. The van der Waals surface area contributed by atoms with Gasteiger partial charge in [0.25, 0.3) is 0 Å². The van der Waals surface area contributed by atoms with Gasteiger partial charge in [-0.25, -0.2) is 0 Å². The molecule has 1 rings (SSSR count). The van der Waals surface area contributed by atoms with Gasteiger partial charge in [0.1, 0.15) is 5.75 Å². The predicted octanol–water partition coefficient (Wildman–Crippen LogP) is 2.86. The summed E-state index contributed by atoms with van der Waals surface area (Å²) >= 11 is 0. The number of methoxy groups -OCH3 is 1. The largest absolute Gasteiger partial charge is 0.496 e. The number of para-hydroxylation sites is 1. The fourth-order valence-corrected chi connectivity index (χ4v) is 1.81. The summed E-state index contributed by atoms with van der Waals surface area (Å²) in [4.78, 5) is 0. The van der Waals surface area contributed by atoms with Crippen molar-refractivity contribution in [1.29, 1.82) is 0 Å². The molecule has 2 heteroatoms. The average Bonchev–Trinajstić information content (AvgIpc) is 2.28. The van der Waals surface area contributed by atoms with Gasteiger partial charge in [-0.2, -0.15) is 0 Å². The molecule has 0 aliphatic heterocycles. The maximum Gasteiger partial charge on any atom is 0.122 e. The Hall–Kier alpha value is -1.02. The van der Waals surface area contributed by atoms with E-state index < -0.39 is 0 Å². The predicted molar refractivity (Wildman–Crippen MR) is 68.7 cm³/mol. The van der Waals surface area contributed by atoms with Crippen LogP contribution >= 0.6 is 0 Å². The van der Waals surface area contributed by atoms with Crippen LogP contribution in [-0.2, 0) is 6.42 Å². The van der Waals surface area contributed by atoms with Crippen LogP contribution in [0.3, 0.4) is 0 Å². The Morgan fingerprint density at radius 2 is 1.81 bits per heavy atom. The van der Waals surface area contributed by atoms with E-state index in [4.69, 9.17) is 10.5 Å². The second kappa shape index (κ2) is 5.90. The van der Waals surface area contributed by atoms with Crippen LogP contribution in [0.5, 0.6) is 5.75 Å². The molecule has 0 saturated heterocycles. The molecule has 0 amide bonds. The minimum atomic E-state index is 0.191. The number of nitrogens with two attached hydrogens (primary N) is 1. The Morgan fingerprint density at radius 1 is 1.19 bits per heavy atom. The molecule has 0 fully saturated rings. The van der Waals surface area contributed by atoms with Crippen molar-refractivity contribution < 1.29 is 4.74 Å². The highest BCUT2D eigenvalue weighted by molar-refractivity contribution is 5.33. The first-order valence-electron chi connectivity index (χ1n) is 5.93. The van der Waals surface area contributed by atoms with Gasteiger partial charge in [-0.05, 0) is 29.9 Å². The molecular formula is C14H23NO. The topological polar surface area (TPSA) is 35.2 Å². The van der Waals surface area contributed by atoms with Crippen molar-refractivity contribution in [1.82, 2.24) is 0 Å². The molecule has 2 nitrogen and oxygen atoms in total. The lowest BCUT2D eigenvalue weighted by Crippen LogP contribution is -2.33. The minimum Gasteiger partial charge on any atom is -0.496 e. The smallest absolute Gasteiger partial charge is 0.122 e. The van der Waals surface area contributed by atoms with E-state index >= 15 is 0 Å². The van der Waals surface area contributed by atoms with Gasteiger partial charge in [0.05, 0.1) is 7.11 Å². The van der Waals surface area contributed by atoms with Crippen LogP contribution in [0.1, 0.15) is 26.3 Å².